The minimum absolute atomic E-state index is 0.0381. The van der Waals surface area contributed by atoms with E-state index in [1.54, 1.807) is 42.5 Å². The molecule has 5 nitrogen and oxygen atoms in total. The smallest absolute Gasteiger partial charge is 0.262 e. The van der Waals surface area contributed by atoms with Gasteiger partial charge in [0.2, 0.25) is 5.78 Å². The fraction of sp³-hybridized carbons (Fsp3) is 0.0833. The first-order valence-electron chi connectivity index (χ1n) is 9.43. The van der Waals surface area contributed by atoms with Crippen LogP contribution in [0.25, 0.3) is 11.0 Å². The number of hydrogen-bond acceptors (Lipinski definition) is 4. The van der Waals surface area contributed by atoms with Crippen LogP contribution < -0.4 is 10.1 Å². The Hall–Kier alpha value is -3.64. The van der Waals surface area contributed by atoms with Crippen LogP contribution >= 0.6 is 11.6 Å². The van der Waals surface area contributed by atoms with Crippen molar-refractivity contribution in [1.82, 2.24) is 0 Å². The van der Waals surface area contributed by atoms with Crippen LogP contribution in [-0.4, -0.2) is 18.3 Å². The van der Waals surface area contributed by atoms with Crippen LogP contribution in [0.15, 0.2) is 71.1 Å². The lowest BCUT2D eigenvalue weighted by molar-refractivity contribution is -0.118. The lowest BCUT2D eigenvalue weighted by Gasteiger charge is -2.10. The van der Waals surface area contributed by atoms with Gasteiger partial charge in [0, 0.05) is 16.0 Å². The standard InChI is InChI=1S/C24H17ClFNO4/c1-14-12-16(25)8-11-19(14)30-13-21(28)27-22-18-4-2-3-5-20(18)31-24(22)23(29)15-6-9-17(26)10-7-15/h2-12H,13H2,1H3,(H,27,28). The fourth-order valence-electron chi connectivity index (χ4n) is 3.16. The topological polar surface area (TPSA) is 68.5 Å². The van der Waals surface area contributed by atoms with Gasteiger partial charge in [-0.15, -0.1) is 0 Å². The van der Waals surface area contributed by atoms with Crippen LogP contribution in [0.5, 0.6) is 5.75 Å². The van der Waals surface area contributed by atoms with Crippen molar-refractivity contribution in [1.29, 1.82) is 0 Å². The predicted molar refractivity (Wildman–Crippen MR) is 116 cm³/mol. The highest BCUT2D eigenvalue weighted by molar-refractivity contribution is 6.30. The molecule has 0 aliphatic rings. The van der Waals surface area contributed by atoms with Gasteiger partial charge in [-0.1, -0.05) is 23.7 Å². The van der Waals surface area contributed by atoms with Crippen LogP contribution in [0.3, 0.4) is 0 Å². The second-order valence-corrected chi connectivity index (χ2v) is 7.32. The molecule has 0 spiro atoms. The molecule has 0 aliphatic carbocycles. The Balaban J connectivity index is 1.60. The van der Waals surface area contributed by atoms with Crippen LogP contribution in [0.1, 0.15) is 21.7 Å². The van der Waals surface area contributed by atoms with Gasteiger partial charge >= 0.3 is 0 Å². The molecule has 4 rings (SSSR count). The molecule has 0 fully saturated rings. The van der Waals surface area contributed by atoms with Gasteiger partial charge < -0.3 is 14.5 Å². The van der Waals surface area contributed by atoms with Crippen molar-refractivity contribution in [3.63, 3.8) is 0 Å². The molecule has 1 amide bonds. The molecule has 1 heterocycles. The lowest BCUT2D eigenvalue weighted by atomic mass is 10.1. The number of aryl methyl sites for hydroxylation is 1. The summed E-state index contributed by atoms with van der Waals surface area (Å²) in [4.78, 5) is 25.6. The second-order valence-electron chi connectivity index (χ2n) is 6.89. The highest BCUT2D eigenvalue weighted by Crippen LogP contribution is 2.32. The SMILES string of the molecule is Cc1cc(Cl)ccc1OCC(=O)Nc1c(C(=O)c2ccc(F)cc2)oc2ccccc12. The number of nitrogens with one attached hydrogen (secondary N) is 1. The van der Waals surface area contributed by atoms with Crippen LogP contribution in [-0.2, 0) is 4.79 Å². The van der Waals surface area contributed by atoms with Crippen molar-refractivity contribution in [3.8, 4) is 5.75 Å². The molecule has 0 atom stereocenters. The molecular weight excluding hydrogens is 421 g/mol. The number of benzene rings is 3. The maximum absolute atomic E-state index is 13.2. The van der Waals surface area contributed by atoms with E-state index in [9.17, 15) is 14.0 Å². The number of furan rings is 1. The zero-order chi connectivity index (χ0) is 22.0. The highest BCUT2D eigenvalue weighted by Gasteiger charge is 2.23. The molecule has 31 heavy (non-hydrogen) atoms. The molecule has 0 unspecified atom stereocenters. The first-order chi connectivity index (χ1) is 14.9. The second kappa shape index (κ2) is 8.62. The average molecular weight is 438 g/mol. The third-order valence-corrected chi connectivity index (χ3v) is 4.90. The van der Waals surface area contributed by atoms with E-state index in [1.165, 1.54) is 24.3 Å². The third kappa shape index (κ3) is 4.44. The number of ether oxygens (including phenoxy) is 1. The molecule has 0 saturated heterocycles. The summed E-state index contributed by atoms with van der Waals surface area (Å²) >= 11 is 5.94. The Kier molecular flexibility index (Phi) is 5.73. The van der Waals surface area contributed by atoms with Gasteiger partial charge in [0.1, 0.15) is 17.1 Å². The van der Waals surface area contributed by atoms with Crippen molar-refractivity contribution in [2.75, 3.05) is 11.9 Å². The highest BCUT2D eigenvalue weighted by atomic mass is 35.5. The quantitative estimate of drug-likeness (QED) is 0.388. The molecule has 1 aromatic heterocycles. The molecule has 156 valence electrons. The first kappa shape index (κ1) is 20.6. The van der Waals surface area contributed by atoms with E-state index in [2.05, 4.69) is 5.32 Å². The maximum atomic E-state index is 13.2. The summed E-state index contributed by atoms with van der Waals surface area (Å²) in [7, 11) is 0. The summed E-state index contributed by atoms with van der Waals surface area (Å²) in [6.07, 6.45) is 0. The number of halogens is 2. The monoisotopic (exact) mass is 437 g/mol. The Bertz CT molecular complexity index is 1280. The normalized spacial score (nSPS) is 10.8. The Morgan fingerprint density at radius 2 is 1.81 bits per heavy atom. The molecule has 0 bridgehead atoms. The average Bonchev–Trinajstić information content (AvgIpc) is 3.11. The molecule has 3 aromatic carbocycles. The van der Waals surface area contributed by atoms with E-state index >= 15 is 0 Å². The Morgan fingerprint density at radius 1 is 1.06 bits per heavy atom. The third-order valence-electron chi connectivity index (χ3n) is 4.67. The van der Waals surface area contributed by atoms with Gasteiger partial charge in [0.05, 0.1) is 5.69 Å². The molecule has 4 aromatic rings. The number of fused-ring (bicyclic) bond motifs is 1. The Morgan fingerprint density at radius 3 is 2.55 bits per heavy atom. The van der Waals surface area contributed by atoms with Crippen LogP contribution in [0.2, 0.25) is 5.02 Å². The van der Waals surface area contributed by atoms with Gasteiger partial charge in [0.15, 0.2) is 12.4 Å². The largest absolute Gasteiger partial charge is 0.483 e. The number of para-hydroxylation sites is 1. The van der Waals surface area contributed by atoms with Gasteiger partial charge in [-0.05, 0) is 67.1 Å². The minimum Gasteiger partial charge on any atom is -0.483 e. The van der Waals surface area contributed by atoms with E-state index in [0.29, 0.717) is 21.7 Å². The van der Waals surface area contributed by atoms with E-state index in [4.69, 9.17) is 20.8 Å². The number of ketones is 1. The van der Waals surface area contributed by atoms with Gasteiger partial charge in [-0.3, -0.25) is 9.59 Å². The van der Waals surface area contributed by atoms with E-state index in [0.717, 1.165) is 5.56 Å². The number of carbonyl (C=O) groups is 2. The molecule has 7 heteroatoms. The number of amides is 1. The number of hydrogen-bond donors (Lipinski definition) is 1. The van der Waals surface area contributed by atoms with Crippen LogP contribution in [0, 0.1) is 12.7 Å². The van der Waals surface area contributed by atoms with Crippen molar-refractivity contribution in [3.05, 3.63) is 94.5 Å². The molecule has 0 saturated carbocycles. The van der Waals surface area contributed by atoms with E-state index < -0.39 is 17.5 Å². The Labute approximate surface area is 182 Å². The van der Waals surface area contributed by atoms with Gasteiger partial charge in [-0.2, -0.15) is 0 Å². The summed E-state index contributed by atoms with van der Waals surface area (Å²) in [5, 5.41) is 3.86. The lowest BCUT2D eigenvalue weighted by Crippen LogP contribution is -2.21. The molecular formula is C24H17ClFNO4. The van der Waals surface area contributed by atoms with Crippen molar-refractivity contribution < 1.29 is 23.1 Å². The zero-order valence-corrected chi connectivity index (χ0v) is 17.2. The predicted octanol–water partition coefficient (Wildman–Crippen LogP) is 5.78. The number of anilines is 1. The van der Waals surface area contributed by atoms with Crippen molar-refractivity contribution in [2.24, 2.45) is 0 Å². The summed E-state index contributed by atoms with van der Waals surface area (Å²) in [5.41, 5.74) is 1.72. The van der Waals surface area contributed by atoms with Gasteiger partial charge in [0.25, 0.3) is 5.91 Å². The maximum Gasteiger partial charge on any atom is 0.262 e. The molecule has 1 N–H and O–H groups in total. The van der Waals surface area contributed by atoms with E-state index in [-0.39, 0.29) is 23.6 Å². The van der Waals surface area contributed by atoms with Gasteiger partial charge in [-0.25, -0.2) is 4.39 Å². The minimum atomic E-state index is -0.471. The van der Waals surface area contributed by atoms with Crippen LogP contribution in [0.4, 0.5) is 10.1 Å². The molecule has 0 radical (unpaired) electrons. The summed E-state index contributed by atoms with van der Waals surface area (Å²) in [5.74, 6) is -0.901. The van der Waals surface area contributed by atoms with E-state index in [1.807, 2.05) is 6.92 Å². The fourth-order valence-corrected chi connectivity index (χ4v) is 3.38. The van der Waals surface area contributed by atoms with Crippen molar-refractivity contribution >= 4 is 39.9 Å². The molecule has 0 aliphatic heterocycles. The zero-order valence-electron chi connectivity index (χ0n) is 16.4. The van der Waals surface area contributed by atoms with Crippen molar-refractivity contribution in [2.45, 2.75) is 6.92 Å². The number of carbonyl (C=O) groups excluding carboxylic acids is 2. The summed E-state index contributed by atoms with van der Waals surface area (Å²) < 4.78 is 24.5. The summed E-state index contributed by atoms with van der Waals surface area (Å²) in [6.45, 7) is 1.55. The summed E-state index contributed by atoms with van der Waals surface area (Å²) in [6, 6.07) is 17.2. The first-order valence-corrected chi connectivity index (χ1v) is 9.81. The number of rotatable bonds is 6.